The van der Waals surface area contributed by atoms with Gasteiger partial charge in [-0.15, -0.1) is 0 Å². The fourth-order valence-corrected chi connectivity index (χ4v) is 2.03. The van der Waals surface area contributed by atoms with Crippen LogP contribution >= 0.6 is 0 Å². The summed E-state index contributed by atoms with van der Waals surface area (Å²) in [4.78, 5) is 0. The summed E-state index contributed by atoms with van der Waals surface area (Å²) in [5.74, 6) is 1.96. The predicted molar refractivity (Wildman–Crippen MR) is 54.3 cm³/mol. The molecule has 1 aliphatic rings. The number of nitrogens with one attached hydrogen (secondary N) is 1. The van der Waals surface area contributed by atoms with Crippen molar-refractivity contribution < 1.29 is 0 Å². The fourth-order valence-electron chi connectivity index (χ4n) is 2.03. The minimum Gasteiger partial charge on any atom is -0.317 e. The Morgan fingerprint density at radius 2 is 1.83 bits per heavy atom. The molecular weight excluding hydrogens is 146 g/mol. The van der Waals surface area contributed by atoms with E-state index in [0.29, 0.717) is 0 Å². The van der Waals surface area contributed by atoms with Crippen molar-refractivity contribution in [3.05, 3.63) is 0 Å². The molecule has 0 saturated heterocycles. The van der Waals surface area contributed by atoms with Crippen molar-refractivity contribution in [3.63, 3.8) is 0 Å². The zero-order valence-corrected chi connectivity index (χ0v) is 8.77. The van der Waals surface area contributed by atoms with Gasteiger partial charge in [0.25, 0.3) is 0 Å². The molecule has 0 aromatic heterocycles. The first-order valence-corrected chi connectivity index (χ1v) is 5.49. The van der Waals surface area contributed by atoms with Gasteiger partial charge in [0.15, 0.2) is 0 Å². The van der Waals surface area contributed by atoms with Crippen LogP contribution in [0.2, 0.25) is 0 Å². The molecule has 0 radical (unpaired) electrons. The standard InChI is InChI=1S/C11H23N/c1-4-9(5-2)8-11(12-3)10-6-7-10/h9-12H,4-8H2,1-3H3. The Labute approximate surface area is 76.9 Å². The third-order valence-electron chi connectivity index (χ3n) is 3.30. The summed E-state index contributed by atoms with van der Waals surface area (Å²) in [6, 6.07) is 0.815. The third kappa shape index (κ3) is 2.78. The van der Waals surface area contributed by atoms with E-state index < -0.39 is 0 Å². The lowest BCUT2D eigenvalue weighted by molar-refractivity contribution is 0.355. The van der Waals surface area contributed by atoms with E-state index in [4.69, 9.17) is 0 Å². The normalized spacial score (nSPS) is 20.0. The van der Waals surface area contributed by atoms with Crippen molar-refractivity contribution in [2.75, 3.05) is 7.05 Å². The van der Waals surface area contributed by atoms with Gasteiger partial charge < -0.3 is 5.32 Å². The zero-order valence-electron chi connectivity index (χ0n) is 8.77. The van der Waals surface area contributed by atoms with Crippen LogP contribution in [0.4, 0.5) is 0 Å². The molecular formula is C11H23N. The molecule has 1 nitrogen and oxygen atoms in total. The summed E-state index contributed by atoms with van der Waals surface area (Å²) in [6.45, 7) is 4.63. The van der Waals surface area contributed by atoms with Gasteiger partial charge in [0.05, 0.1) is 0 Å². The van der Waals surface area contributed by atoms with Crippen molar-refractivity contribution in [1.82, 2.24) is 5.32 Å². The molecule has 0 heterocycles. The van der Waals surface area contributed by atoms with E-state index in [2.05, 4.69) is 26.2 Å². The van der Waals surface area contributed by atoms with Crippen LogP contribution in [0, 0.1) is 11.8 Å². The van der Waals surface area contributed by atoms with Gasteiger partial charge in [0, 0.05) is 6.04 Å². The average Bonchev–Trinajstić information content (AvgIpc) is 2.90. The van der Waals surface area contributed by atoms with Crippen LogP contribution in [0.3, 0.4) is 0 Å². The van der Waals surface area contributed by atoms with Gasteiger partial charge in [-0.3, -0.25) is 0 Å². The molecule has 1 heteroatoms. The van der Waals surface area contributed by atoms with Crippen molar-refractivity contribution in [2.24, 2.45) is 11.8 Å². The first kappa shape index (κ1) is 10.0. The fraction of sp³-hybridized carbons (Fsp3) is 1.00. The van der Waals surface area contributed by atoms with Gasteiger partial charge in [-0.25, -0.2) is 0 Å². The molecule has 1 saturated carbocycles. The van der Waals surface area contributed by atoms with E-state index in [9.17, 15) is 0 Å². The summed E-state index contributed by atoms with van der Waals surface area (Å²) < 4.78 is 0. The van der Waals surface area contributed by atoms with Crippen LogP contribution in [0.5, 0.6) is 0 Å². The lowest BCUT2D eigenvalue weighted by Gasteiger charge is -2.20. The molecule has 72 valence electrons. The molecule has 0 aromatic rings. The van der Waals surface area contributed by atoms with E-state index in [-0.39, 0.29) is 0 Å². The molecule has 12 heavy (non-hydrogen) atoms. The molecule has 0 spiro atoms. The Bertz CT molecular complexity index is 114. The summed E-state index contributed by atoms with van der Waals surface area (Å²) in [6.07, 6.45) is 7.02. The molecule has 0 aliphatic heterocycles. The Hall–Kier alpha value is -0.0400. The summed E-state index contributed by atoms with van der Waals surface area (Å²) in [5, 5.41) is 3.46. The van der Waals surface area contributed by atoms with E-state index in [1.807, 2.05) is 0 Å². The van der Waals surface area contributed by atoms with E-state index in [1.54, 1.807) is 0 Å². The minimum absolute atomic E-state index is 0.815. The van der Waals surface area contributed by atoms with Crippen LogP contribution in [0.25, 0.3) is 0 Å². The van der Waals surface area contributed by atoms with Gasteiger partial charge in [-0.2, -0.15) is 0 Å². The maximum Gasteiger partial charge on any atom is 0.00949 e. The summed E-state index contributed by atoms with van der Waals surface area (Å²) >= 11 is 0. The first-order valence-electron chi connectivity index (χ1n) is 5.49. The zero-order chi connectivity index (χ0) is 8.97. The average molecular weight is 169 g/mol. The molecule has 0 aromatic carbocycles. The highest BCUT2D eigenvalue weighted by Crippen LogP contribution is 2.35. The molecule has 0 bridgehead atoms. The van der Waals surface area contributed by atoms with Crippen LogP contribution in [0.15, 0.2) is 0 Å². The van der Waals surface area contributed by atoms with Crippen LogP contribution in [0.1, 0.15) is 46.0 Å². The second-order valence-electron chi connectivity index (χ2n) is 4.15. The van der Waals surface area contributed by atoms with Gasteiger partial charge in [-0.05, 0) is 38.1 Å². The van der Waals surface area contributed by atoms with Gasteiger partial charge in [0.2, 0.25) is 0 Å². The van der Waals surface area contributed by atoms with Gasteiger partial charge >= 0.3 is 0 Å². The highest BCUT2D eigenvalue weighted by atomic mass is 14.9. The van der Waals surface area contributed by atoms with Crippen LogP contribution in [-0.4, -0.2) is 13.1 Å². The van der Waals surface area contributed by atoms with Crippen LogP contribution < -0.4 is 5.32 Å². The number of hydrogen-bond acceptors (Lipinski definition) is 1. The number of hydrogen-bond donors (Lipinski definition) is 1. The Morgan fingerprint density at radius 3 is 2.17 bits per heavy atom. The topological polar surface area (TPSA) is 12.0 Å². The monoisotopic (exact) mass is 169 g/mol. The van der Waals surface area contributed by atoms with Crippen molar-refractivity contribution in [1.29, 1.82) is 0 Å². The number of rotatable bonds is 6. The van der Waals surface area contributed by atoms with E-state index in [1.165, 1.54) is 32.1 Å². The third-order valence-corrected chi connectivity index (χ3v) is 3.30. The highest BCUT2D eigenvalue weighted by molar-refractivity contribution is 4.86. The molecule has 1 aliphatic carbocycles. The lowest BCUT2D eigenvalue weighted by atomic mass is 9.93. The van der Waals surface area contributed by atoms with Gasteiger partial charge in [0.1, 0.15) is 0 Å². The molecule has 1 atom stereocenters. The summed E-state index contributed by atoms with van der Waals surface area (Å²) in [7, 11) is 2.12. The Morgan fingerprint density at radius 1 is 1.25 bits per heavy atom. The second-order valence-corrected chi connectivity index (χ2v) is 4.15. The van der Waals surface area contributed by atoms with Crippen molar-refractivity contribution >= 4 is 0 Å². The molecule has 1 unspecified atom stereocenters. The van der Waals surface area contributed by atoms with E-state index in [0.717, 1.165) is 17.9 Å². The highest BCUT2D eigenvalue weighted by Gasteiger charge is 2.30. The Kier molecular flexibility index (Phi) is 4.07. The van der Waals surface area contributed by atoms with E-state index >= 15 is 0 Å². The second kappa shape index (κ2) is 4.86. The molecule has 1 N–H and O–H groups in total. The maximum atomic E-state index is 3.46. The quantitative estimate of drug-likeness (QED) is 0.644. The molecule has 0 amide bonds. The SMILES string of the molecule is CCC(CC)CC(NC)C1CC1. The summed E-state index contributed by atoms with van der Waals surface area (Å²) in [5.41, 5.74) is 0. The molecule has 1 rings (SSSR count). The lowest BCUT2D eigenvalue weighted by Crippen LogP contribution is -2.29. The largest absolute Gasteiger partial charge is 0.317 e. The first-order chi connectivity index (χ1) is 5.81. The maximum absolute atomic E-state index is 3.46. The minimum atomic E-state index is 0.815. The van der Waals surface area contributed by atoms with Crippen molar-refractivity contribution in [3.8, 4) is 0 Å². The molecule has 1 fully saturated rings. The Balaban J connectivity index is 2.24. The smallest absolute Gasteiger partial charge is 0.00949 e. The van der Waals surface area contributed by atoms with Crippen molar-refractivity contribution in [2.45, 2.75) is 52.0 Å². The van der Waals surface area contributed by atoms with Crippen LogP contribution in [-0.2, 0) is 0 Å². The predicted octanol–water partition coefficient (Wildman–Crippen LogP) is 2.81. The van der Waals surface area contributed by atoms with Gasteiger partial charge in [-0.1, -0.05) is 26.7 Å².